The van der Waals surface area contributed by atoms with Crippen LogP contribution in [0.2, 0.25) is 0 Å². The third-order valence-corrected chi connectivity index (χ3v) is 11.0. The molecule has 0 nitrogen and oxygen atoms in total. The maximum absolute atomic E-state index is 2.78. The molecule has 0 aliphatic heterocycles. The molecule has 0 amide bonds. The van der Waals surface area contributed by atoms with Gasteiger partial charge in [0.05, 0.1) is 0 Å². The Hall–Kier alpha value is -0.780. The quantitative estimate of drug-likeness (QED) is 0.508. The summed E-state index contributed by atoms with van der Waals surface area (Å²) in [7, 11) is 0. The van der Waals surface area contributed by atoms with Crippen LogP contribution in [0.1, 0.15) is 117 Å². The normalized spacial score (nSPS) is 48.2. The van der Waals surface area contributed by atoms with E-state index in [1.807, 2.05) is 11.1 Å². The van der Waals surface area contributed by atoms with E-state index < -0.39 is 0 Å². The predicted molar refractivity (Wildman–Crippen MR) is 116 cm³/mol. The Morgan fingerprint density at radius 3 is 1.32 bits per heavy atom. The molecule has 6 aliphatic rings. The minimum absolute atomic E-state index is 0.911. The summed E-state index contributed by atoms with van der Waals surface area (Å²) < 4.78 is 0. The second-order valence-corrected chi connectivity index (χ2v) is 12.2. The average Bonchev–Trinajstić information content (AvgIpc) is 3.55. The van der Waals surface area contributed by atoms with Crippen LogP contribution in [0, 0.1) is 42.4 Å². The van der Waals surface area contributed by atoms with Gasteiger partial charge in [-0.05, 0) is 140 Å². The van der Waals surface area contributed by atoms with Gasteiger partial charge in [-0.1, -0.05) is 31.4 Å². The van der Waals surface area contributed by atoms with E-state index in [1.54, 1.807) is 30.4 Å². The molecular weight excluding hydrogens is 336 g/mol. The Labute approximate surface area is 171 Å². The Bertz CT molecular complexity index is 740. The van der Waals surface area contributed by atoms with Crippen molar-refractivity contribution in [2.24, 2.45) is 35.5 Å². The van der Waals surface area contributed by atoms with Gasteiger partial charge in [0.1, 0.15) is 0 Å². The number of benzene rings is 1. The molecule has 0 heterocycles. The van der Waals surface area contributed by atoms with Gasteiger partial charge in [-0.15, -0.1) is 0 Å². The Morgan fingerprint density at radius 1 is 0.536 bits per heavy atom. The summed E-state index contributed by atoms with van der Waals surface area (Å²) in [5.41, 5.74) is 7.23. The van der Waals surface area contributed by atoms with Crippen LogP contribution in [0.5, 0.6) is 0 Å². The van der Waals surface area contributed by atoms with E-state index in [1.165, 1.54) is 57.8 Å². The lowest BCUT2D eigenvalue weighted by molar-refractivity contribution is 0.402. The fraction of sp³-hybridized carbons (Fsp3) is 0.786. The summed E-state index contributed by atoms with van der Waals surface area (Å²) in [6, 6.07) is 5.56. The molecule has 6 fully saturated rings. The van der Waals surface area contributed by atoms with E-state index in [-0.39, 0.29) is 0 Å². The predicted octanol–water partition coefficient (Wildman–Crippen LogP) is 7.71. The lowest BCUT2D eigenvalue weighted by Crippen LogP contribution is -2.17. The molecule has 150 valence electrons. The molecule has 9 atom stereocenters. The molecular formula is C28H38. The highest BCUT2D eigenvalue weighted by Crippen LogP contribution is 2.59. The molecule has 9 unspecified atom stereocenters. The lowest BCUT2D eigenvalue weighted by Gasteiger charge is -2.32. The highest BCUT2D eigenvalue weighted by molar-refractivity contribution is 5.46. The first-order chi connectivity index (χ1) is 13.7. The standard InChI is InChI=1S/C28H38/c1-16-24(27-12-18-3-6-21(27)9-18)14-23(26-11-17-2-5-20(26)8-17)15-25(16)28-13-19-4-7-22(28)10-19/h14-15,17-22,26-28H,2-13H2,1H3. The van der Waals surface area contributed by atoms with Gasteiger partial charge < -0.3 is 0 Å². The molecule has 0 N–H and O–H groups in total. The monoisotopic (exact) mass is 374 g/mol. The van der Waals surface area contributed by atoms with Gasteiger partial charge in [0, 0.05) is 0 Å². The molecule has 0 radical (unpaired) electrons. The Morgan fingerprint density at radius 2 is 0.964 bits per heavy atom. The number of hydrogen-bond acceptors (Lipinski definition) is 0. The zero-order valence-electron chi connectivity index (χ0n) is 17.8. The SMILES string of the molecule is Cc1c(C2CC3CCC2C3)cc(C2CC3CCC2C3)cc1C1CC2CCC1C2. The van der Waals surface area contributed by atoms with Crippen molar-refractivity contribution in [3.63, 3.8) is 0 Å². The molecule has 0 aromatic heterocycles. The minimum atomic E-state index is 0.911. The fourth-order valence-corrected chi connectivity index (χ4v) is 9.67. The van der Waals surface area contributed by atoms with Gasteiger partial charge in [-0.3, -0.25) is 0 Å². The highest BCUT2D eigenvalue weighted by atomic mass is 14.5. The van der Waals surface area contributed by atoms with E-state index in [4.69, 9.17) is 0 Å². The zero-order valence-corrected chi connectivity index (χ0v) is 17.8. The summed E-state index contributed by atoms with van der Waals surface area (Å²) in [4.78, 5) is 0. The van der Waals surface area contributed by atoms with Crippen LogP contribution in [-0.4, -0.2) is 0 Å². The smallest absolute Gasteiger partial charge is 0.0128 e. The van der Waals surface area contributed by atoms with Crippen molar-refractivity contribution in [2.45, 2.75) is 102 Å². The van der Waals surface area contributed by atoms with E-state index in [2.05, 4.69) is 19.1 Å². The maximum Gasteiger partial charge on any atom is -0.0128 e. The van der Waals surface area contributed by atoms with E-state index in [0.29, 0.717) is 0 Å². The second kappa shape index (κ2) is 6.12. The van der Waals surface area contributed by atoms with Gasteiger partial charge in [0.2, 0.25) is 0 Å². The molecule has 6 bridgehead atoms. The van der Waals surface area contributed by atoms with Crippen molar-refractivity contribution >= 4 is 0 Å². The summed E-state index contributed by atoms with van der Waals surface area (Å²) in [5, 5.41) is 0. The van der Waals surface area contributed by atoms with Crippen LogP contribution < -0.4 is 0 Å². The Kier molecular flexibility index (Phi) is 3.70. The van der Waals surface area contributed by atoms with Gasteiger partial charge in [0.25, 0.3) is 0 Å². The summed E-state index contributed by atoms with van der Waals surface area (Å²) in [6.07, 6.45) is 18.4. The molecule has 0 saturated heterocycles. The molecule has 1 aromatic rings. The number of fused-ring (bicyclic) bond motifs is 6. The van der Waals surface area contributed by atoms with Crippen molar-refractivity contribution in [2.75, 3.05) is 0 Å². The molecule has 6 aliphatic carbocycles. The van der Waals surface area contributed by atoms with Crippen LogP contribution in [0.25, 0.3) is 0 Å². The third-order valence-electron chi connectivity index (χ3n) is 11.0. The Balaban J connectivity index is 1.32. The first kappa shape index (κ1) is 17.0. The highest BCUT2D eigenvalue weighted by Gasteiger charge is 2.45. The van der Waals surface area contributed by atoms with Crippen LogP contribution in [0.4, 0.5) is 0 Å². The average molecular weight is 375 g/mol. The van der Waals surface area contributed by atoms with E-state index in [0.717, 1.165) is 53.3 Å². The van der Waals surface area contributed by atoms with Crippen molar-refractivity contribution in [1.82, 2.24) is 0 Å². The summed E-state index contributed by atoms with van der Waals surface area (Å²) >= 11 is 0. The summed E-state index contributed by atoms with van der Waals surface area (Å²) in [6.45, 7) is 2.53. The second-order valence-electron chi connectivity index (χ2n) is 12.2. The van der Waals surface area contributed by atoms with Gasteiger partial charge in [0.15, 0.2) is 0 Å². The van der Waals surface area contributed by atoms with Crippen LogP contribution >= 0.6 is 0 Å². The van der Waals surface area contributed by atoms with Gasteiger partial charge in [-0.2, -0.15) is 0 Å². The molecule has 1 aromatic carbocycles. The number of rotatable bonds is 3. The lowest BCUT2D eigenvalue weighted by atomic mass is 9.73. The molecule has 0 heteroatoms. The molecule has 0 spiro atoms. The minimum Gasteiger partial charge on any atom is -0.0550 e. The number of hydrogen-bond donors (Lipinski definition) is 0. The van der Waals surface area contributed by atoms with E-state index >= 15 is 0 Å². The first-order valence-electron chi connectivity index (χ1n) is 12.9. The maximum atomic E-state index is 2.78. The largest absolute Gasteiger partial charge is 0.0550 e. The summed E-state index contributed by atoms with van der Waals surface area (Å²) in [5.74, 6) is 8.98. The molecule has 7 rings (SSSR count). The molecule has 28 heavy (non-hydrogen) atoms. The molecule has 6 saturated carbocycles. The van der Waals surface area contributed by atoms with Crippen molar-refractivity contribution in [3.8, 4) is 0 Å². The van der Waals surface area contributed by atoms with Crippen LogP contribution in [0.15, 0.2) is 12.1 Å². The van der Waals surface area contributed by atoms with Crippen molar-refractivity contribution < 1.29 is 0 Å². The zero-order chi connectivity index (χ0) is 18.4. The first-order valence-corrected chi connectivity index (χ1v) is 12.9. The van der Waals surface area contributed by atoms with Crippen molar-refractivity contribution in [1.29, 1.82) is 0 Å². The van der Waals surface area contributed by atoms with E-state index in [9.17, 15) is 0 Å². The van der Waals surface area contributed by atoms with Crippen LogP contribution in [0.3, 0.4) is 0 Å². The fourth-order valence-electron chi connectivity index (χ4n) is 9.67. The topological polar surface area (TPSA) is 0 Å². The third kappa shape index (κ3) is 2.42. The van der Waals surface area contributed by atoms with Gasteiger partial charge >= 0.3 is 0 Å². The van der Waals surface area contributed by atoms with Crippen molar-refractivity contribution in [3.05, 3.63) is 34.4 Å². The van der Waals surface area contributed by atoms with Gasteiger partial charge in [-0.25, -0.2) is 0 Å². The van der Waals surface area contributed by atoms with Crippen LogP contribution in [-0.2, 0) is 0 Å².